The van der Waals surface area contributed by atoms with Gasteiger partial charge in [-0.25, -0.2) is 4.21 Å². The van der Waals surface area contributed by atoms with E-state index < -0.39 is 11.2 Å². The van der Waals surface area contributed by atoms with Crippen LogP contribution >= 0.6 is 0 Å². The Hall–Kier alpha value is -0.950. The van der Waals surface area contributed by atoms with Gasteiger partial charge in [0, 0.05) is 13.1 Å². The van der Waals surface area contributed by atoms with Gasteiger partial charge in [0.2, 0.25) is 5.84 Å². The lowest BCUT2D eigenvalue weighted by Gasteiger charge is -2.27. The highest BCUT2D eigenvalue weighted by molar-refractivity contribution is 7.83. The van der Waals surface area contributed by atoms with Crippen molar-refractivity contribution >= 4 is 22.9 Å². The molecule has 2 heterocycles. The van der Waals surface area contributed by atoms with Crippen LogP contribution in [0.25, 0.3) is 0 Å². The highest BCUT2D eigenvalue weighted by Crippen LogP contribution is 2.10. The molecule has 0 spiro atoms. The molecule has 1 fully saturated rings. The highest BCUT2D eigenvalue weighted by Gasteiger charge is 2.27. The molecule has 7 heteroatoms. The Morgan fingerprint density at radius 3 is 2.87 bits per heavy atom. The number of ether oxygens (including phenoxy) is 2. The number of amidine groups is 1. The Labute approximate surface area is 90.7 Å². The molecule has 84 valence electrons. The molecule has 0 saturated carbocycles. The Morgan fingerprint density at radius 1 is 1.47 bits per heavy atom. The molecule has 0 aromatic carbocycles. The average Bonchev–Trinajstić information content (AvgIpc) is 2.62. The standard InChI is InChI=1S/C8H13N3O3S/c1-2-14-8-7(9-15(12)10-8)11-3-5-13-6-4-11/h2-6H2,1H3. The van der Waals surface area contributed by atoms with Gasteiger partial charge in [0.25, 0.3) is 17.1 Å². The molecule has 0 amide bonds. The molecule has 0 N–H and O–H groups in total. The predicted octanol–water partition coefficient (Wildman–Crippen LogP) is -0.256. The van der Waals surface area contributed by atoms with E-state index in [0.29, 0.717) is 31.6 Å². The van der Waals surface area contributed by atoms with Gasteiger partial charge in [-0.2, -0.15) is 0 Å². The van der Waals surface area contributed by atoms with Crippen LogP contribution < -0.4 is 0 Å². The second-order valence-electron chi connectivity index (χ2n) is 3.07. The van der Waals surface area contributed by atoms with E-state index in [-0.39, 0.29) is 0 Å². The van der Waals surface area contributed by atoms with Crippen LogP contribution in [0.3, 0.4) is 0 Å². The van der Waals surface area contributed by atoms with Gasteiger partial charge >= 0.3 is 0 Å². The third kappa shape index (κ3) is 2.35. The van der Waals surface area contributed by atoms with Crippen LogP contribution in [0.5, 0.6) is 0 Å². The van der Waals surface area contributed by atoms with Gasteiger partial charge in [0.1, 0.15) is 0 Å². The number of rotatable bonds is 1. The summed E-state index contributed by atoms with van der Waals surface area (Å²) < 4.78 is 29.4. The van der Waals surface area contributed by atoms with E-state index in [1.54, 1.807) is 0 Å². The lowest BCUT2D eigenvalue weighted by molar-refractivity contribution is 0.0684. The van der Waals surface area contributed by atoms with Gasteiger partial charge in [-0.3, -0.25) is 0 Å². The smallest absolute Gasteiger partial charge is 0.271 e. The minimum Gasteiger partial charge on any atom is -0.475 e. The summed E-state index contributed by atoms with van der Waals surface area (Å²) in [6, 6.07) is 0. The lowest BCUT2D eigenvalue weighted by Crippen LogP contribution is -2.43. The van der Waals surface area contributed by atoms with Crippen molar-refractivity contribution in [2.45, 2.75) is 6.92 Å². The molecule has 6 nitrogen and oxygen atoms in total. The summed E-state index contributed by atoms with van der Waals surface area (Å²) in [4.78, 5) is 1.99. The molecule has 1 unspecified atom stereocenters. The maximum Gasteiger partial charge on any atom is 0.271 e. The van der Waals surface area contributed by atoms with Crippen molar-refractivity contribution in [3.05, 3.63) is 0 Å². The van der Waals surface area contributed by atoms with Crippen LogP contribution in [0.4, 0.5) is 0 Å². The summed E-state index contributed by atoms with van der Waals surface area (Å²) in [5, 5.41) is 0. The maximum atomic E-state index is 11.2. The fraction of sp³-hybridized carbons (Fsp3) is 0.750. The second-order valence-corrected chi connectivity index (χ2v) is 3.90. The van der Waals surface area contributed by atoms with Crippen molar-refractivity contribution in [3.8, 4) is 0 Å². The summed E-state index contributed by atoms with van der Waals surface area (Å²) in [5.41, 5.74) is 0. The predicted molar refractivity (Wildman–Crippen MR) is 57.0 cm³/mol. The van der Waals surface area contributed by atoms with Gasteiger partial charge in [-0.1, -0.05) is 0 Å². The lowest BCUT2D eigenvalue weighted by atomic mass is 10.4. The maximum absolute atomic E-state index is 11.2. The summed E-state index contributed by atoms with van der Waals surface area (Å²) in [7, 11) is 0. The van der Waals surface area contributed by atoms with E-state index in [2.05, 4.69) is 8.80 Å². The van der Waals surface area contributed by atoms with Gasteiger partial charge in [-0.15, -0.1) is 8.80 Å². The zero-order valence-electron chi connectivity index (χ0n) is 8.51. The molecule has 0 aromatic heterocycles. The molecule has 0 aliphatic carbocycles. The van der Waals surface area contributed by atoms with E-state index in [0.717, 1.165) is 13.1 Å². The van der Waals surface area contributed by atoms with Crippen molar-refractivity contribution in [3.63, 3.8) is 0 Å². The number of hydrogen-bond acceptors (Lipinski definition) is 4. The van der Waals surface area contributed by atoms with Gasteiger partial charge in [-0.05, 0) is 6.92 Å². The zero-order valence-corrected chi connectivity index (χ0v) is 9.33. The van der Waals surface area contributed by atoms with Crippen molar-refractivity contribution < 1.29 is 13.7 Å². The molecular formula is C8H13N3O3S. The van der Waals surface area contributed by atoms with Crippen LogP contribution in [0, 0.1) is 0 Å². The van der Waals surface area contributed by atoms with Crippen LogP contribution in [-0.4, -0.2) is 53.8 Å². The van der Waals surface area contributed by atoms with E-state index in [4.69, 9.17) is 9.47 Å². The van der Waals surface area contributed by atoms with Crippen LogP contribution in [-0.2, 0) is 20.6 Å². The number of morpholine rings is 1. The Morgan fingerprint density at radius 2 is 2.20 bits per heavy atom. The average molecular weight is 231 g/mol. The molecule has 15 heavy (non-hydrogen) atoms. The fourth-order valence-electron chi connectivity index (χ4n) is 1.44. The molecule has 2 aliphatic rings. The quantitative estimate of drug-likeness (QED) is 0.624. The van der Waals surface area contributed by atoms with Crippen molar-refractivity contribution in [2.75, 3.05) is 32.9 Å². The fourth-order valence-corrected chi connectivity index (χ4v) is 2.10. The van der Waals surface area contributed by atoms with E-state index in [1.807, 2.05) is 11.8 Å². The zero-order chi connectivity index (χ0) is 10.7. The molecular weight excluding hydrogens is 218 g/mol. The van der Waals surface area contributed by atoms with Crippen LogP contribution in [0.1, 0.15) is 6.92 Å². The molecule has 0 radical (unpaired) electrons. The minimum absolute atomic E-state index is 0.387. The van der Waals surface area contributed by atoms with E-state index in [1.165, 1.54) is 0 Å². The topological polar surface area (TPSA) is 63.5 Å². The van der Waals surface area contributed by atoms with Gasteiger partial charge < -0.3 is 14.4 Å². The largest absolute Gasteiger partial charge is 0.475 e. The van der Waals surface area contributed by atoms with Crippen molar-refractivity contribution in [1.29, 1.82) is 0 Å². The first-order valence-electron chi connectivity index (χ1n) is 4.86. The summed E-state index contributed by atoms with van der Waals surface area (Å²) in [6.07, 6.45) is 0. The van der Waals surface area contributed by atoms with Gasteiger partial charge in [0.05, 0.1) is 19.8 Å². The molecule has 0 aromatic rings. The summed E-state index contributed by atoms with van der Waals surface area (Å²) >= 11 is -1.52. The number of hydrogen-bond donors (Lipinski definition) is 0. The number of nitrogens with zero attached hydrogens (tertiary/aromatic N) is 3. The molecule has 1 saturated heterocycles. The second kappa shape index (κ2) is 4.71. The third-order valence-corrected chi connectivity index (χ3v) is 2.76. The molecule has 2 aliphatic heterocycles. The Kier molecular flexibility index (Phi) is 3.32. The molecule has 0 bridgehead atoms. The molecule has 2 rings (SSSR count). The van der Waals surface area contributed by atoms with Crippen molar-refractivity contribution in [1.82, 2.24) is 4.90 Å². The van der Waals surface area contributed by atoms with Crippen LogP contribution in [0.2, 0.25) is 0 Å². The molecule has 1 atom stereocenters. The minimum atomic E-state index is -1.52. The first-order chi connectivity index (χ1) is 7.31. The highest BCUT2D eigenvalue weighted by atomic mass is 32.2. The SMILES string of the molecule is CCOC1=NS(=O)N=C1N1CCOCC1. The summed E-state index contributed by atoms with van der Waals surface area (Å²) in [6.45, 7) is 5.15. The first kappa shape index (κ1) is 10.6. The van der Waals surface area contributed by atoms with Crippen molar-refractivity contribution in [2.24, 2.45) is 8.80 Å². The van der Waals surface area contributed by atoms with E-state index in [9.17, 15) is 4.21 Å². The Balaban J connectivity index is 2.09. The van der Waals surface area contributed by atoms with E-state index >= 15 is 0 Å². The first-order valence-corrected chi connectivity index (χ1v) is 5.93. The summed E-state index contributed by atoms with van der Waals surface area (Å²) in [5.74, 6) is 0.983. The Bertz CT molecular complexity index is 323. The normalized spacial score (nSPS) is 26.2. The monoisotopic (exact) mass is 231 g/mol. The third-order valence-electron chi connectivity index (χ3n) is 2.11. The van der Waals surface area contributed by atoms with Gasteiger partial charge in [0.15, 0.2) is 0 Å². The van der Waals surface area contributed by atoms with Crippen LogP contribution in [0.15, 0.2) is 8.80 Å².